The first-order valence-corrected chi connectivity index (χ1v) is 17.4. The van der Waals surface area contributed by atoms with E-state index in [1.165, 1.54) is 63.5 Å². The van der Waals surface area contributed by atoms with Crippen LogP contribution in [-0.2, 0) is 19.5 Å². The van der Waals surface area contributed by atoms with Crippen LogP contribution in [0.4, 0.5) is 0 Å². The largest absolute Gasteiger partial charge is 0.394 e. The molecule has 1 aromatic rings. The summed E-state index contributed by atoms with van der Waals surface area (Å²) in [5.74, 6) is 0. The van der Waals surface area contributed by atoms with Gasteiger partial charge in [-0.25, -0.2) is 13.1 Å². The SMILES string of the molecule is CCCCCCCCCCCCCC[C@@H](O)[C@@H](O)[C@@H](CO[C@H]1O[C@H](CO)[C@H](O)[C@H](O)[C@H]1O)NS(=O)(=O)c1cccc(C)c1. The van der Waals surface area contributed by atoms with E-state index in [-0.39, 0.29) is 11.3 Å². The summed E-state index contributed by atoms with van der Waals surface area (Å²) >= 11 is 0. The van der Waals surface area contributed by atoms with Gasteiger partial charge in [-0.2, -0.15) is 0 Å². The molecule has 0 radical (unpaired) electrons. The van der Waals surface area contributed by atoms with Crippen LogP contribution in [0, 0.1) is 6.92 Å². The molecule has 0 aromatic heterocycles. The van der Waals surface area contributed by atoms with Crippen molar-refractivity contribution in [2.75, 3.05) is 13.2 Å². The highest BCUT2D eigenvalue weighted by Gasteiger charge is 2.44. The van der Waals surface area contributed by atoms with Crippen molar-refractivity contribution in [3.8, 4) is 0 Å². The summed E-state index contributed by atoms with van der Waals surface area (Å²) in [5.41, 5.74) is 0.713. The summed E-state index contributed by atoms with van der Waals surface area (Å²) in [4.78, 5) is -0.0343. The molecule has 0 aliphatic carbocycles. The van der Waals surface area contributed by atoms with Crippen LogP contribution < -0.4 is 4.72 Å². The lowest BCUT2D eigenvalue weighted by atomic mass is 9.99. The molecule has 1 saturated heterocycles. The number of hydrogen-bond donors (Lipinski definition) is 7. The fourth-order valence-corrected chi connectivity index (χ4v) is 6.63. The Balaban J connectivity index is 1.92. The second kappa shape index (κ2) is 20.0. The molecule has 2 rings (SSSR count). The maximum atomic E-state index is 13.2. The summed E-state index contributed by atoms with van der Waals surface area (Å²) in [6, 6.07) is 4.85. The van der Waals surface area contributed by atoms with E-state index < -0.39 is 72.2 Å². The molecule has 0 bridgehead atoms. The highest BCUT2D eigenvalue weighted by atomic mass is 32.2. The van der Waals surface area contributed by atoms with E-state index in [1.807, 2.05) is 0 Å². The second-order valence-electron chi connectivity index (χ2n) is 11.8. The predicted octanol–water partition coefficient (Wildman–Crippen LogP) is 2.27. The maximum absolute atomic E-state index is 13.2. The summed E-state index contributed by atoms with van der Waals surface area (Å²) < 4.78 is 39.6. The van der Waals surface area contributed by atoms with Gasteiger partial charge in [0.25, 0.3) is 0 Å². The van der Waals surface area contributed by atoms with Crippen molar-refractivity contribution in [3.63, 3.8) is 0 Å². The Bertz CT molecular complexity index is 995. The highest BCUT2D eigenvalue weighted by Crippen LogP contribution is 2.23. The van der Waals surface area contributed by atoms with E-state index in [0.717, 1.165) is 19.3 Å². The van der Waals surface area contributed by atoms with Gasteiger partial charge in [-0.15, -0.1) is 0 Å². The fraction of sp³-hybridized carbons (Fsp3) is 0.806. The quantitative estimate of drug-likeness (QED) is 0.0934. The van der Waals surface area contributed by atoms with Crippen LogP contribution >= 0.6 is 0 Å². The molecule has 1 aromatic carbocycles. The molecule has 11 nitrogen and oxygen atoms in total. The number of sulfonamides is 1. The van der Waals surface area contributed by atoms with Gasteiger partial charge in [-0.05, 0) is 31.0 Å². The first kappa shape index (κ1) is 38.0. The molecular weight excluding hydrogens is 578 g/mol. The number of rotatable bonds is 22. The Morgan fingerprint density at radius 1 is 0.884 bits per heavy atom. The second-order valence-corrected chi connectivity index (χ2v) is 13.5. The average Bonchev–Trinajstić information content (AvgIpc) is 2.98. The number of unbranched alkanes of at least 4 members (excludes halogenated alkanes) is 11. The third kappa shape index (κ3) is 13.0. The van der Waals surface area contributed by atoms with Crippen molar-refractivity contribution in [3.05, 3.63) is 29.8 Å². The molecule has 0 spiro atoms. The van der Waals surface area contributed by atoms with Gasteiger partial charge in [0.05, 0.1) is 36.4 Å². The topological polar surface area (TPSA) is 186 Å². The molecule has 1 heterocycles. The van der Waals surface area contributed by atoms with Crippen molar-refractivity contribution in [2.45, 2.75) is 151 Å². The number of aliphatic hydroxyl groups is 6. The molecule has 7 N–H and O–H groups in total. The molecule has 250 valence electrons. The molecule has 43 heavy (non-hydrogen) atoms. The summed E-state index contributed by atoms with van der Waals surface area (Å²) in [6.45, 7) is 2.76. The molecule has 12 heteroatoms. The molecule has 1 fully saturated rings. The molecule has 1 aliphatic rings. The Morgan fingerprint density at radius 3 is 2.02 bits per heavy atom. The molecule has 0 unspecified atom stereocenters. The van der Waals surface area contributed by atoms with Crippen LogP contribution in [0.3, 0.4) is 0 Å². The molecule has 0 amide bonds. The number of benzene rings is 1. The predicted molar refractivity (Wildman–Crippen MR) is 163 cm³/mol. The lowest BCUT2D eigenvalue weighted by Gasteiger charge is -2.40. The first-order chi connectivity index (χ1) is 20.5. The molecule has 8 atom stereocenters. The van der Waals surface area contributed by atoms with Gasteiger partial charge in [-0.3, -0.25) is 0 Å². The standard InChI is InChI=1S/C31H55NO10S/c1-3-4-5-6-7-8-9-10-11-12-13-14-18-25(34)27(35)24(32-43(39,40)23-17-15-16-22(2)19-23)21-41-31-30(38)29(37)28(36)26(20-33)42-31/h15-17,19,24-38H,3-14,18,20-21H2,1-2H3/t24-,25-,26-,27+,28+,29+,30-,31+/m1/s1. The van der Waals surface area contributed by atoms with Gasteiger partial charge in [0.15, 0.2) is 6.29 Å². The molecule has 1 aliphatic heterocycles. The third-order valence-electron chi connectivity index (χ3n) is 8.05. The highest BCUT2D eigenvalue weighted by molar-refractivity contribution is 7.89. The van der Waals surface area contributed by atoms with Crippen LogP contribution in [0.15, 0.2) is 29.2 Å². The van der Waals surface area contributed by atoms with Gasteiger partial charge < -0.3 is 40.1 Å². The van der Waals surface area contributed by atoms with Crippen LogP contribution in [0.2, 0.25) is 0 Å². The first-order valence-electron chi connectivity index (χ1n) is 15.9. The van der Waals surface area contributed by atoms with Crippen molar-refractivity contribution < 1.29 is 48.5 Å². The minimum atomic E-state index is -4.14. The zero-order chi connectivity index (χ0) is 31.8. The molecular formula is C31H55NO10S. The Hall–Kier alpha value is -1.19. The van der Waals surface area contributed by atoms with Crippen molar-refractivity contribution in [1.29, 1.82) is 0 Å². The Morgan fingerprint density at radius 2 is 1.47 bits per heavy atom. The monoisotopic (exact) mass is 633 g/mol. The number of nitrogens with one attached hydrogen (secondary N) is 1. The number of aliphatic hydroxyl groups excluding tert-OH is 6. The van der Waals surface area contributed by atoms with Crippen molar-refractivity contribution in [1.82, 2.24) is 4.72 Å². The summed E-state index contributed by atoms with van der Waals surface area (Å²) in [7, 11) is -4.14. The van der Waals surface area contributed by atoms with Crippen molar-refractivity contribution in [2.24, 2.45) is 0 Å². The lowest BCUT2D eigenvalue weighted by Crippen LogP contribution is -2.60. The number of aryl methyl sites for hydroxylation is 1. The zero-order valence-electron chi connectivity index (χ0n) is 25.8. The molecule has 0 saturated carbocycles. The average molecular weight is 634 g/mol. The Kier molecular flexibility index (Phi) is 17.7. The van der Waals surface area contributed by atoms with E-state index >= 15 is 0 Å². The van der Waals surface area contributed by atoms with E-state index in [9.17, 15) is 39.1 Å². The number of ether oxygens (including phenoxy) is 2. The third-order valence-corrected chi connectivity index (χ3v) is 9.54. The van der Waals surface area contributed by atoms with Gasteiger partial charge >= 0.3 is 0 Å². The van der Waals surface area contributed by atoms with Crippen LogP contribution in [0.1, 0.15) is 96.0 Å². The normalized spacial score (nSPS) is 25.0. The van der Waals surface area contributed by atoms with Gasteiger partial charge in [0.1, 0.15) is 24.4 Å². The fourth-order valence-electron chi connectivity index (χ4n) is 5.29. The van der Waals surface area contributed by atoms with E-state index in [4.69, 9.17) is 9.47 Å². The lowest BCUT2D eigenvalue weighted by molar-refractivity contribution is -0.303. The van der Waals surface area contributed by atoms with E-state index in [1.54, 1.807) is 19.1 Å². The minimum Gasteiger partial charge on any atom is -0.394 e. The van der Waals surface area contributed by atoms with E-state index in [0.29, 0.717) is 12.0 Å². The zero-order valence-corrected chi connectivity index (χ0v) is 26.6. The maximum Gasteiger partial charge on any atom is 0.240 e. The van der Waals surface area contributed by atoms with Crippen LogP contribution in [0.25, 0.3) is 0 Å². The van der Waals surface area contributed by atoms with Crippen LogP contribution in [-0.4, -0.2) is 101 Å². The van der Waals surface area contributed by atoms with E-state index in [2.05, 4.69) is 11.6 Å². The Labute approximate surface area is 257 Å². The minimum absolute atomic E-state index is 0.0343. The van der Waals surface area contributed by atoms with Gasteiger partial charge in [0.2, 0.25) is 10.0 Å². The van der Waals surface area contributed by atoms with Crippen LogP contribution in [0.5, 0.6) is 0 Å². The van der Waals surface area contributed by atoms with Gasteiger partial charge in [-0.1, -0.05) is 96.1 Å². The summed E-state index contributed by atoms with van der Waals surface area (Å²) in [6.07, 6.45) is 3.54. The van der Waals surface area contributed by atoms with Gasteiger partial charge in [0, 0.05) is 0 Å². The number of hydrogen-bond acceptors (Lipinski definition) is 10. The van der Waals surface area contributed by atoms with Crippen molar-refractivity contribution >= 4 is 10.0 Å². The smallest absolute Gasteiger partial charge is 0.240 e. The summed E-state index contributed by atoms with van der Waals surface area (Å²) in [5, 5.41) is 61.6.